The minimum atomic E-state index is -4.60. The normalized spacial score (nSPS) is 14.2. The first-order valence-electron chi connectivity index (χ1n) is 13.1. The molecule has 0 aliphatic heterocycles. The summed E-state index contributed by atoms with van der Waals surface area (Å²) in [5.41, 5.74) is 1.67. The zero-order valence-electron chi connectivity index (χ0n) is 23.0. The molecule has 40 heavy (non-hydrogen) atoms. The van der Waals surface area contributed by atoms with Crippen molar-refractivity contribution in [1.82, 2.24) is 14.5 Å². The molecule has 1 aliphatic rings. The number of hydrogen-bond acceptors (Lipinski definition) is 6. The fourth-order valence-corrected chi connectivity index (χ4v) is 5.11. The lowest BCUT2D eigenvalue weighted by Crippen LogP contribution is -2.25. The van der Waals surface area contributed by atoms with Gasteiger partial charge in [-0.1, -0.05) is 43.7 Å². The van der Waals surface area contributed by atoms with Crippen molar-refractivity contribution in [3.05, 3.63) is 52.9 Å². The quantitative estimate of drug-likeness (QED) is 0.0984. The Labute approximate surface area is 237 Å². The lowest BCUT2D eigenvalue weighted by molar-refractivity contribution is -0.158. The second-order valence-corrected chi connectivity index (χ2v) is 17.2. The zero-order chi connectivity index (χ0) is 29.1. The Balaban J connectivity index is 1.49. The number of carbonyl (C=O) groups excluding carboxylic acids is 1. The first kappa shape index (κ1) is 30.1. The predicted octanol–water partition coefficient (Wildman–Crippen LogP) is 7.58. The van der Waals surface area contributed by atoms with Crippen LogP contribution in [0.3, 0.4) is 0 Å². The van der Waals surface area contributed by atoms with E-state index in [1.807, 2.05) is 6.92 Å². The molecule has 0 amide bonds. The number of imidazole rings is 1. The number of aromatic nitrogens is 3. The Morgan fingerprint density at radius 2 is 1.93 bits per heavy atom. The van der Waals surface area contributed by atoms with Crippen LogP contribution in [-0.2, 0) is 27.2 Å². The van der Waals surface area contributed by atoms with Crippen molar-refractivity contribution >= 4 is 25.6 Å². The summed E-state index contributed by atoms with van der Waals surface area (Å²) in [7, 11) is -1.35. The molecular weight excluding hydrogens is 563 g/mol. The summed E-state index contributed by atoms with van der Waals surface area (Å²) in [6, 6.07) is 7.67. The maximum absolute atomic E-state index is 13.5. The number of ether oxygens (including phenoxy) is 3. The molecule has 0 N–H and O–H groups in total. The van der Waals surface area contributed by atoms with Gasteiger partial charge in [0, 0.05) is 44.3 Å². The van der Waals surface area contributed by atoms with Crippen molar-refractivity contribution < 1.29 is 32.2 Å². The maximum Gasteiger partial charge on any atom is 0.434 e. The smallest absolute Gasteiger partial charge is 0.434 e. The number of esters is 1. The van der Waals surface area contributed by atoms with Crippen LogP contribution in [-0.4, -0.2) is 42.0 Å². The first-order chi connectivity index (χ1) is 18.8. The van der Waals surface area contributed by atoms with Crippen molar-refractivity contribution in [1.29, 1.82) is 0 Å². The van der Waals surface area contributed by atoms with Gasteiger partial charge < -0.3 is 18.8 Å². The van der Waals surface area contributed by atoms with E-state index in [1.165, 1.54) is 4.57 Å². The Hall–Kier alpha value is -2.89. The van der Waals surface area contributed by atoms with Crippen molar-refractivity contribution in [3.8, 4) is 28.4 Å². The van der Waals surface area contributed by atoms with Crippen LogP contribution in [0.15, 0.2) is 36.7 Å². The third-order valence-corrected chi connectivity index (χ3v) is 8.76. The van der Waals surface area contributed by atoms with E-state index in [0.29, 0.717) is 18.1 Å². The SMILES string of the molecule is Cc1cc(OCOC(=O)C2CCC2)ncc1-c1ccc(-c2nc(C(F)(F)F)cn2COCC[Si](C)(C)C)c(Cl)c1. The standard InChI is InChI=1S/C28H33ClF3N3O4Si/c1-18-12-25(38-17-39-27(36)19-6-5-7-19)33-14-22(18)20-8-9-21(23(29)13-20)26-34-24(28(30,31)32)15-35(26)16-37-10-11-40(2,3)4/h8-9,12-15,19H,5-7,10-11,16-17H2,1-4H3. The summed E-state index contributed by atoms with van der Waals surface area (Å²) in [6.07, 6.45) is 0.698. The molecule has 2 aromatic heterocycles. The highest BCUT2D eigenvalue weighted by Crippen LogP contribution is 2.36. The number of halogens is 4. The Morgan fingerprint density at radius 3 is 2.52 bits per heavy atom. The van der Waals surface area contributed by atoms with Crippen LogP contribution in [0, 0.1) is 12.8 Å². The van der Waals surface area contributed by atoms with Gasteiger partial charge in [0.2, 0.25) is 12.7 Å². The van der Waals surface area contributed by atoms with Crippen molar-refractivity contribution in [2.24, 2.45) is 5.92 Å². The Kier molecular flexibility index (Phi) is 9.26. The minimum Gasteiger partial charge on any atom is -0.440 e. The number of aryl methyl sites for hydroxylation is 1. The molecule has 1 saturated carbocycles. The molecule has 7 nitrogen and oxygen atoms in total. The van der Waals surface area contributed by atoms with E-state index < -0.39 is 19.9 Å². The van der Waals surface area contributed by atoms with E-state index in [4.69, 9.17) is 25.8 Å². The lowest BCUT2D eigenvalue weighted by Gasteiger charge is -2.22. The van der Waals surface area contributed by atoms with Gasteiger partial charge >= 0.3 is 12.1 Å². The largest absolute Gasteiger partial charge is 0.440 e. The van der Waals surface area contributed by atoms with Crippen LogP contribution in [0.2, 0.25) is 30.7 Å². The fourth-order valence-electron chi connectivity index (χ4n) is 4.09. The molecule has 0 bridgehead atoms. The average Bonchev–Trinajstić information content (AvgIpc) is 3.25. The van der Waals surface area contributed by atoms with E-state index in [2.05, 4.69) is 29.6 Å². The molecule has 0 unspecified atom stereocenters. The number of pyridine rings is 1. The topological polar surface area (TPSA) is 75.5 Å². The highest BCUT2D eigenvalue weighted by molar-refractivity contribution is 6.76. The maximum atomic E-state index is 13.5. The number of alkyl halides is 3. The molecule has 0 saturated heterocycles. The highest BCUT2D eigenvalue weighted by atomic mass is 35.5. The van der Waals surface area contributed by atoms with Gasteiger partial charge in [-0.2, -0.15) is 13.2 Å². The summed E-state index contributed by atoms with van der Waals surface area (Å²) in [5.74, 6) is 0.0950. The van der Waals surface area contributed by atoms with Crippen LogP contribution in [0.25, 0.3) is 22.5 Å². The number of carbonyl (C=O) groups is 1. The summed E-state index contributed by atoms with van der Waals surface area (Å²) >= 11 is 6.59. The van der Waals surface area contributed by atoms with Gasteiger partial charge in [0.1, 0.15) is 12.6 Å². The first-order valence-corrected chi connectivity index (χ1v) is 17.2. The van der Waals surface area contributed by atoms with Crippen LogP contribution in [0.5, 0.6) is 5.88 Å². The number of hydrogen-bond donors (Lipinski definition) is 0. The second kappa shape index (κ2) is 12.3. The van der Waals surface area contributed by atoms with Crippen molar-refractivity contribution in [2.75, 3.05) is 13.4 Å². The number of benzene rings is 1. The van der Waals surface area contributed by atoms with Crippen LogP contribution in [0.4, 0.5) is 13.2 Å². The molecule has 2 heterocycles. The van der Waals surface area contributed by atoms with E-state index in [9.17, 15) is 18.0 Å². The monoisotopic (exact) mass is 595 g/mol. The molecule has 3 aromatic rings. The third kappa shape index (κ3) is 7.64. The van der Waals surface area contributed by atoms with E-state index in [1.54, 1.807) is 30.5 Å². The molecular formula is C28H33ClF3N3O4Si. The van der Waals surface area contributed by atoms with Gasteiger partial charge in [-0.05, 0) is 49.1 Å². The molecule has 1 aliphatic carbocycles. The van der Waals surface area contributed by atoms with Crippen LogP contribution < -0.4 is 4.74 Å². The fraction of sp³-hybridized carbons (Fsp3) is 0.464. The van der Waals surface area contributed by atoms with Gasteiger partial charge in [-0.25, -0.2) is 9.97 Å². The predicted molar refractivity (Wildman–Crippen MR) is 149 cm³/mol. The minimum absolute atomic E-state index is 0.0333. The summed E-state index contributed by atoms with van der Waals surface area (Å²) in [4.78, 5) is 20.0. The van der Waals surface area contributed by atoms with Gasteiger partial charge in [-0.15, -0.1) is 0 Å². The van der Waals surface area contributed by atoms with Crippen molar-refractivity contribution in [2.45, 2.75) is 64.8 Å². The van der Waals surface area contributed by atoms with E-state index in [0.717, 1.165) is 48.2 Å². The van der Waals surface area contributed by atoms with Gasteiger partial charge in [-0.3, -0.25) is 4.79 Å². The molecule has 0 spiro atoms. The molecule has 216 valence electrons. The third-order valence-electron chi connectivity index (χ3n) is 6.75. The zero-order valence-corrected chi connectivity index (χ0v) is 24.7. The molecule has 1 aromatic carbocycles. The van der Waals surface area contributed by atoms with Gasteiger partial charge in [0.25, 0.3) is 0 Å². The number of nitrogens with zero attached hydrogens (tertiary/aromatic N) is 3. The lowest BCUT2D eigenvalue weighted by atomic mass is 9.86. The van der Waals surface area contributed by atoms with Gasteiger partial charge in [0.15, 0.2) is 5.69 Å². The Morgan fingerprint density at radius 1 is 1.18 bits per heavy atom. The molecule has 0 radical (unpaired) electrons. The average molecular weight is 596 g/mol. The summed E-state index contributed by atoms with van der Waals surface area (Å²) < 4.78 is 58.1. The highest BCUT2D eigenvalue weighted by Gasteiger charge is 2.35. The van der Waals surface area contributed by atoms with Crippen LogP contribution >= 0.6 is 11.6 Å². The second-order valence-electron chi connectivity index (χ2n) is 11.2. The molecule has 4 rings (SSSR count). The Bertz CT molecular complexity index is 1350. The van der Waals surface area contributed by atoms with Crippen molar-refractivity contribution in [3.63, 3.8) is 0 Å². The van der Waals surface area contributed by atoms with E-state index >= 15 is 0 Å². The molecule has 0 atom stereocenters. The summed E-state index contributed by atoms with van der Waals surface area (Å²) in [6.45, 7) is 8.65. The van der Waals surface area contributed by atoms with Gasteiger partial charge in [0.05, 0.1) is 10.9 Å². The molecule has 12 heteroatoms. The summed E-state index contributed by atoms with van der Waals surface area (Å²) in [5, 5.41) is 0.239. The van der Waals surface area contributed by atoms with Crippen LogP contribution in [0.1, 0.15) is 30.5 Å². The number of rotatable bonds is 11. The molecule has 1 fully saturated rings. The van der Waals surface area contributed by atoms with E-state index in [-0.39, 0.29) is 36.3 Å².